The van der Waals surface area contributed by atoms with Crippen molar-refractivity contribution in [1.29, 1.82) is 0 Å². The second-order valence-corrected chi connectivity index (χ2v) is 7.20. The van der Waals surface area contributed by atoms with E-state index in [-0.39, 0.29) is 18.4 Å². The van der Waals surface area contributed by atoms with Gasteiger partial charge >= 0.3 is 0 Å². The SMILES string of the molecule is Cc1cc(C)c(NC(=O)CNC(=O)c2ccc(-c3ccccc3)nc2C)c(C)c1. The maximum atomic E-state index is 12.5. The lowest BCUT2D eigenvalue weighted by Crippen LogP contribution is -2.33. The van der Waals surface area contributed by atoms with Crippen LogP contribution in [-0.2, 0) is 4.79 Å². The summed E-state index contributed by atoms with van der Waals surface area (Å²) in [5.41, 5.74) is 6.81. The third kappa shape index (κ3) is 4.88. The van der Waals surface area contributed by atoms with Gasteiger partial charge in [-0.05, 0) is 51.0 Å². The zero-order valence-electron chi connectivity index (χ0n) is 17.2. The molecule has 2 amide bonds. The van der Waals surface area contributed by atoms with Crippen molar-refractivity contribution in [3.8, 4) is 11.3 Å². The summed E-state index contributed by atoms with van der Waals surface area (Å²) >= 11 is 0. The van der Waals surface area contributed by atoms with Crippen LogP contribution in [0.3, 0.4) is 0 Å². The van der Waals surface area contributed by atoms with Crippen LogP contribution in [0.2, 0.25) is 0 Å². The van der Waals surface area contributed by atoms with E-state index >= 15 is 0 Å². The van der Waals surface area contributed by atoms with E-state index in [0.717, 1.165) is 33.6 Å². The van der Waals surface area contributed by atoms with E-state index in [4.69, 9.17) is 0 Å². The van der Waals surface area contributed by atoms with Crippen LogP contribution in [0.25, 0.3) is 11.3 Å². The van der Waals surface area contributed by atoms with E-state index in [9.17, 15) is 9.59 Å². The van der Waals surface area contributed by atoms with Crippen molar-refractivity contribution in [2.24, 2.45) is 0 Å². The molecule has 0 saturated heterocycles. The summed E-state index contributed by atoms with van der Waals surface area (Å²) in [6.45, 7) is 7.62. The molecule has 2 aromatic carbocycles. The monoisotopic (exact) mass is 387 g/mol. The van der Waals surface area contributed by atoms with Gasteiger partial charge in [0.2, 0.25) is 5.91 Å². The van der Waals surface area contributed by atoms with Crippen molar-refractivity contribution in [3.05, 3.63) is 82.5 Å². The second-order valence-electron chi connectivity index (χ2n) is 7.20. The maximum absolute atomic E-state index is 12.5. The normalized spacial score (nSPS) is 10.5. The molecule has 5 nitrogen and oxygen atoms in total. The molecule has 0 unspecified atom stereocenters. The van der Waals surface area contributed by atoms with Crippen LogP contribution in [0.5, 0.6) is 0 Å². The molecule has 1 heterocycles. The Morgan fingerprint density at radius 3 is 2.17 bits per heavy atom. The predicted molar refractivity (Wildman–Crippen MR) is 116 cm³/mol. The Balaban J connectivity index is 1.64. The number of carbonyl (C=O) groups is 2. The van der Waals surface area contributed by atoms with Gasteiger partial charge in [-0.3, -0.25) is 14.6 Å². The van der Waals surface area contributed by atoms with E-state index in [1.54, 1.807) is 13.0 Å². The Hall–Kier alpha value is -3.47. The molecule has 29 heavy (non-hydrogen) atoms. The van der Waals surface area contributed by atoms with Gasteiger partial charge in [0.05, 0.1) is 23.5 Å². The van der Waals surface area contributed by atoms with E-state index in [1.807, 2.05) is 69.3 Å². The van der Waals surface area contributed by atoms with Crippen molar-refractivity contribution in [2.45, 2.75) is 27.7 Å². The number of aryl methyl sites for hydroxylation is 4. The van der Waals surface area contributed by atoms with Gasteiger partial charge in [0.15, 0.2) is 0 Å². The highest BCUT2D eigenvalue weighted by Crippen LogP contribution is 2.22. The number of hydrogen-bond donors (Lipinski definition) is 2. The summed E-state index contributed by atoms with van der Waals surface area (Å²) in [4.78, 5) is 29.4. The fraction of sp³-hybridized carbons (Fsp3) is 0.208. The van der Waals surface area contributed by atoms with Gasteiger partial charge in [-0.2, -0.15) is 0 Å². The van der Waals surface area contributed by atoms with Crippen LogP contribution in [-0.4, -0.2) is 23.3 Å². The summed E-state index contributed by atoms with van der Waals surface area (Å²) < 4.78 is 0. The Kier molecular flexibility index (Phi) is 6.07. The lowest BCUT2D eigenvalue weighted by molar-refractivity contribution is -0.115. The molecule has 0 aliphatic rings. The molecule has 3 aromatic rings. The van der Waals surface area contributed by atoms with Crippen LogP contribution in [0.15, 0.2) is 54.6 Å². The Morgan fingerprint density at radius 1 is 0.897 bits per heavy atom. The van der Waals surface area contributed by atoms with Gasteiger partial charge in [0.1, 0.15) is 0 Å². The molecule has 0 saturated carbocycles. The third-order valence-electron chi connectivity index (χ3n) is 4.75. The molecule has 0 bridgehead atoms. The molecule has 0 aliphatic heterocycles. The first-order valence-electron chi connectivity index (χ1n) is 9.54. The summed E-state index contributed by atoms with van der Waals surface area (Å²) in [7, 11) is 0. The number of anilines is 1. The quantitative estimate of drug-likeness (QED) is 0.684. The average molecular weight is 387 g/mol. The first-order chi connectivity index (χ1) is 13.8. The van der Waals surface area contributed by atoms with Gasteiger partial charge in [0, 0.05) is 11.3 Å². The molecular formula is C24H25N3O2. The van der Waals surface area contributed by atoms with Crippen molar-refractivity contribution in [2.75, 3.05) is 11.9 Å². The van der Waals surface area contributed by atoms with Crippen LogP contribution in [0, 0.1) is 27.7 Å². The molecule has 0 spiro atoms. The highest BCUT2D eigenvalue weighted by atomic mass is 16.2. The number of aromatic nitrogens is 1. The van der Waals surface area contributed by atoms with Crippen molar-refractivity contribution >= 4 is 17.5 Å². The number of rotatable bonds is 5. The highest BCUT2D eigenvalue weighted by Gasteiger charge is 2.14. The first kappa shape index (κ1) is 20.3. The van der Waals surface area contributed by atoms with Crippen LogP contribution in [0.1, 0.15) is 32.7 Å². The summed E-state index contributed by atoms with van der Waals surface area (Å²) in [5, 5.41) is 5.57. The van der Waals surface area contributed by atoms with E-state index in [1.165, 1.54) is 0 Å². The zero-order chi connectivity index (χ0) is 21.0. The number of benzene rings is 2. The number of carbonyl (C=O) groups excluding carboxylic acids is 2. The van der Waals surface area contributed by atoms with Crippen LogP contribution in [0.4, 0.5) is 5.69 Å². The Bertz CT molecular complexity index is 1040. The minimum absolute atomic E-state index is 0.106. The van der Waals surface area contributed by atoms with E-state index in [0.29, 0.717) is 11.3 Å². The van der Waals surface area contributed by atoms with Crippen LogP contribution >= 0.6 is 0 Å². The van der Waals surface area contributed by atoms with Crippen molar-refractivity contribution < 1.29 is 9.59 Å². The summed E-state index contributed by atoms with van der Waals surface area (Å²) in [5.74, 6) is -0.581. The smallest absolute Gasteiger partial charge is 0.253 e. The molecule has 1 aromatic heterocycles. The summed E-state index contributed by atoms with van der Waals surface area (Å²) in [6.07, 6.45) is 0. The van der Waals surface area contributed by atoms with Crippen LogP contribution < -0.4 is 10.6 Å². The fourth-order valence-electron chi connectivity index (χ4n) is 3.39. The van der Waals surface area contributed by atoms with E-state index < -0.39 is 0 Å². The Labute approximate surface area is 171 Å². The average Bonchev–Trinajstić information content (AvgIpc) is 2.69. The minimum Gasteiger partial charge on any atom is -0.343 e. The molecular weight excluding hydrogens is 362 g/mol. The van der Waals surface area contributed by atoms with Gasteiger partial charge < -0.3 is 10.6 Å². The molecule has 0 radical (unpaired) electrons. The van der Waals surface area contributed by atoms with Gasteiger partial charge in [-0.15, -0.1) is 0 Å². The number of nitrogens with zero attached hydrogens (tertiary/aromatic N) is 1. The van der Waals surface area contributed by atoms with E-state index in [2.05, 4.69) is 15.6 Å². The molecule has 0 atom stereocenters. The first-order valence-corrected chi connectivity index (χ1v) is 9.54. The van der Waals surface area contributed by atoms with Gasteiger partial charge in [-0.1, -0.05) is 48.0 Å². The fourth-order valence-corrected chi connectivity index (χ4v) is 3.39. The lowest BCUT2D eigenvalue weighted by Gasteiger charge is -2.13. The highest BCUT2D eigenvalue weighted by molar-refractivity contribution is 6.00. The molecule has 2 N–H and O–H groups in total. The second kappa shape index (κ2) is 8.69. The number of pyridine rings is 1. The zero-order valence-corrected chi connectivity index (χ0v) is 17.2. The Morgan fingerprint density at radius 2 is 1.55 bits per heavy atom. The van der Waals surface area contributed by atoms with Gasteiger partial charge in [-0.25, -0.2) is 0 Å². The lowest BCUT2D eigenvalue weighted by atomic mass is 10.1. The summed E-state index contributed by atoms with van der Waals surface area (Å²) in [6, 6.07) is 17.4. The largest absolute Gasteiger partial charge is 0.343 e. The standard InChI is InChI=1S/C24H25N3O2/c1-15-12-16(2)23(17(3)13-15)27-22(28)14-25-24(29)20-10-11-21(26-18(20)4)19-8-6-5-7-9-19/h5-13H,14H2,1-4H3,(H,25,29)(H,27,28). The molecule has 5 heteroatoms. The molecule has 0 fully saturated rings. The number of hydrogen-bond acceptors (Lipinski definition) is 3. The third-order valence-corrected chi connectivity index (χ3v) is 4.75. The molecule has 148 valence electrons. The van der Waals surface area contributed by atoms with Gasteiger partial charge in [0.25, 0.3) is 5.91 Å². The van der Waals surface area contributed by atoms with Crippen molar-refractivity contribution in [3.63, 3.8) is 0 Å². The van der Waals surface area contributed by atoms with Crippen molar-refractivity contribution in [1.82, 2.24) is 10.3 Å². The maximum Gasteiger partial charge on any atom is 0.253 e. The number of amides is 2. The predicted octanol–water partition coefficient (Wildman–Crippen LogP) is 4.35. The topological polar surface area (TPSA) is 71.1 Å². The minimum atomic E-state index is -0.317. The molecule has 3 rings (SSSR count). The number of nitrogens with one attached hydrogen (secondary N) is 2. The molecule has 0 aliphatic carbocycles.